The van der Waals surface area contributed by atoms with Crippen LogP contribution in [0, 0.1) is 0 Å². The molecular formula is C28H29Cl3FN5O2. The third-order valence-electron chi connectivity index (χ3n) is 6.15. The van der Waals surface area contributed by atoms with Crippen LogP contribution >= 0.6 is 34.8 Å². The maximum absolute atomic E-state index is 14.9. The fourth-order valence-corrected chi connectivity index (χ4v) is 5.13. The van der Waals surface area contributed by atoms with E-state index in [0.29, 0.717) is 56.6 Å². The van der Waals surface area contributed by atoms with Gasteiger partial charge in [0.15, 0.2) is 5.82 Å². The number of halogens is 4. The van der Waals surface area contributed by atoms with Gasteiger partial charge in [-0.3, -0.25) is 19.5 Å². The molecule has 1 heterocycles. The number of anilines is 2. The number of nitrogens with zero attached hydrogens (tertiary/aromatic N) is 4. The number of hydrogen-bond acceptors (Lipinski definition) is 4. The highest BCUT2D eigenvalue weighted by molar-refractivity contribution is 6.40. The van der Waals surface area contributed by atoms with Crippen LogP contribution in [0.15, 0.2) is 59.9 Å². The number of aliphatic imine (C=N–C) groups is 1. The molecule has 7 nitrogen and oxygen atoms in total. The molecule has 0 bridgehead atoms. The molecule has 0 saturated carbocycles. The quantitative estimate of drug-likeness (QED) is 0.128. The van der Waals surface area contributed by atoms with E-state index in [4.69, 9.17) is 39.8 Å². The van der Waals surface area contributed by atoms with Crippen molar-refractivity contribution in [3.05, 3.63) is 81.2 Å². The zero-order chi connectivity index (χ0) is 28.5. The minimum Gasteiger partial charge on any atom is -0.357 e. The van der Waals surface area contributed by atoms with E-state index in [1.54, 1.807) is 43.5 Å². The largest absolute Gasteiger partial charge is 0.357 e. The van der Waals surface area contributed by atoms with Crippen molar-refractivity contribution in [1.82, 2.24) is 15.2 Å². The number of hydrogen-bond donors (Lipinski definition) is 1. The van der Waals surface area contributed by atoms with E-state index in [-0.39, 0.29) is 43.9 Å². The van der Waals surface area contributed by atoms with Gasteiger partial charge in [0.05, 0.1) is 32.0 Å². The number of rotatable bonds is 12. The number of nitrogens with one attached hydrogen (secondary N) is 1. The average Bonchev–Trinajstić information content (AvgIpc) is 2.92. The van der Waals surface area contributed by atoms with Crippen LogP contribution in [0.5, 0.6) is 0 Å². The number of carbonyl (C=O) groups excluding carboxylic acids is 2. The Morgan fingerprint density at radius 1 is 1.21 bits per heavy atom. The lowest BCUT2D eigenvalue weighted by Gasteiger charge is -2.33. The zero-order valence-corrected chi connectivity index (χ0v) is 23.9. The normalized spacial score (nSPS) is 14.2. The van der Waals surface area contributed by atoms with Crippen molar-refractivity contribution >= 4 is 70.5 Å². The van der Waals surface area contributed by atoms with Gasteiger partial charge in [0.25, 0.3) is 0 Å². The van der Waals surface area contributed by atoms with Crippen molar-refractivity contribution < 1.29 is 14.0 Å². The molecule has 1 aromatic heterocycles. The van der Waals surface area contributed by atoms with Crippen molar-refractivity contribution in [3.63, 3.8) is 0 Å². The number of benzene rings is 1. The Morgan fingerprint density at radius 3 is 2.49 bits per heavy atom. The predicted molar refractivity (Wildman–Crippen MR) is 158 cm³/mol. The molecule has 2 aromatic rings. The number of pyridine rings is 1. The summed E-state index contributed by atoms with van der Waals surface area (Å²) in [6, 6.07) is 6.24. The summed E-state index contributed by atoms with van der Waals surface area (Å²) in [5.41, 5.74) is 0.993. The van der Waals surface area contributed by atoms with E-state index in [9.17, 15) is 14.0 Å². The van der Waals surface area contributed by atoms with Crippen LogP contribution in [0.3, 0.4) is 0 Å². The molecule has 0 fully saturated rings. The Morgan fingerprint density at radius 2 is 1.90 bits per heavy atom. The molecule has 39 heavy (non-hydrogen) atoms. The molecule has 1 atom stereocenters. The molecule has 1 aliphatic carbocycles. The standard InChI is InChI=1S/C28H29Cl3FN5O2/c1-4-5-13-36(18(2)15-34-16-38)27(33-3)20-14-23(31)25(19-9-6-7-12-24(19)32)35-28(20)37(17-39)26-21(29)10-8-11-22(26)30/h4,8-12,14,16-18H,1,5-7,13,15H2,2-3H3,(H,34,38)/b33-27+. The first-order chi connectivity index (χ1) is 18.8. The van der Waals surface area contributed by atoms with Gasteiger partial charge in [-0.25, -0.2) is 9.37 Å². The summed E-state index contributed by atoms with van der Waals surface area (Å²) in [5, 5.41) is 3.29. The van der Waals surface area contributed by atoms with Crippen LogP contribution in [0.1, 0.15) is 37.4 Å². The molecule has 2 amide bonds. The first kappa shape index (κ1) is 30.3. The molecule has 1 aliphatic rings. The van der Waals surface area contributed by atoms with Crippen molar-refractivity contribution in [2.24, 2.45) is 4.99 Å². The van der Waals surface area contributed by atoms with Crippen molar-refractivity contribution in [3.8, 4) is 0 Å². The SMILES string of the molecule is C=CCCN(/C(=N/C)c1cc(Cl)c(C2=CCCC=C2F)nc1N(C=O)c1c(Cl)cccc1Cl)C(C)CNC=O. The zero-order valence-electron chi connectivity index (χ0n) is 21.6. The van der Waals surface area contributed by atoms with E-state index in [1.165, 1.54) is 11.0 Å². The Hall–Kier alpha value is -3.20. The van der Waals surface area contributed by atoms with Crippen molar-refractivity contribution in [1.29, 1.82) is 0 Å². The highest BCUT2D eigenvalue weighted by Gasteiger charge is 2.29. The van der Waals surface area contributed by atoms with Gasteiger partial charge < -0.3 is 10.2 Å². The first-order valence-corrected chi connectivity index (χ1v) is 13.4. The van der Waals surface area contributed by atoms with Gasteiger partial charge in [-0.2, -0.15) is 0 Å². The molecule has 1 aromatic carbocycles. The number of carbonyl (C=O) groups is 2. The minimum atomic E-state index is -0.451. The Bertz CT molecular complexity index is 1310. The second-order valence-electron chi connectivity index (χ2n) is 8.68. The molecule has 0 radical (unpaired) electrons. The fourth-order valence-electron chi connectivity index (χ4n) is 4.30. The highest BCUT2D eigenvalue weighted by atomic mass is 35.5. The van der Waals surface area contributed by atoms with Crippen LogP contribution in [0.2, 0.25) is 15.1 Å². The predicted octanol–water partition coefficient (Wildman–Crippen LogP) is 6.76. The van der Waals surface area contributed by atoms with E-state index < -0.39 is 5.83 Å². The average molecular weight is 593 g/mol. The van der Waals surface area contributed by atoms with Crippen LogP contribution in [-0.2, 0) is 9.59 Å². The summed E-state index contributed by atoms with van der Waals surface area (Å²) >= 11 is 19.7. The summed E-state index contributed by atoms with van der Waals surface area (Å²) in [4.78, 5) is 36.1. The lowest BCUT2D eigenvalue weighted by molar-refractivity contribution is -0.109. The molecular weight excluding hydrogens is 564 g/mol. The van der Waals surface area contributed by atoms with Crippen LogP contribution < -0.4 is 10.2 Å². The number of aromatic nitrogens is 1. The second kappa shape index (κ2) is 14.3. The van der Waals surface area contributed by atoms with Gasteiger partial charge in [0.1, 0.15) is 11.7 Å². The molecule has 1 unspecified atom stereocenters. The number of amidine groups is 1. The number of amides is 2. The molecule has 206 valence electrons. The summed E-state index contributed by atoms with van der Waals surface area (Å²) in [6.07, 6.45) is 7.90. The Labute approximate surface area is 242 Å². The summed E-state index contributed by atoms with van der Waals surface area (Å²) in [7, 11) is 1.60. The van der Waals surface area contributed by atoms with Crippen LogP contribution in [0.25, 0.3) is 5.57 Å². The van der Waals surface area contributed by atoms with Gasteiger partial charge in [-0.15, -0.1) is 6.58 Å². The molecule has 3 rings (SSSR count). The molecule has 11 heteroatoms. The monoisotopic (exact) mass is 591 g/mol. The maximum Gasteiger partial charge on any atom is 0.220 e. The third-order valence-corrected chi connectivity index (χ3v) is 7.04. The maximum atomic E-state index is 14.9. The first-order valence-electron chi connectivity index (χ1n) is 12.3. The summed E-state index contributed by atoms with van der Waals surface area (Å²) < 4.78 is 14.9. The summed E-state index contributed by atoms with van der Waals surface area (Å²) in [5.74, 6) is 0.100. The summed E-state index contributed by atoms with van der Waals surface area (Å²) in [6.45, 7) is 6.55. The van der Waals surface area contributed by atoms with E-state index in [1.807, 2.05) is 11.8 Å². The lowest BCUT2D eigenvalue weighted by Crippen LogP contribution is -2.45. The molecule has 0 aliphatic heterocycles. The van der Waals surface area contributed by atoms with Gasteiger partial charge in [0, 0.05) is 31.8 Å². The molecule has 0 spiro atoms. The molecule has 1 N–H and O–H groups in total. The smallest absolute Gasteiger partial charge is 0.220 e. The van der Waals surface area contributed by atoms with Crippen molar-refractivity contribution in [2.75, 3.05) is 25.0 Å². The van der Waals surface area contributed by atoms with E-state index in [2.05, 4.69) is 16.9 Å². The van der Waals surface area contributed by atoms with Crippen LogP contribution in [-0.4, -0.2) is 54.7 Å². The fraction of sp³-hybridized carbons (Fsp3) is 0.286. The van der Waals surface area contributed by atoms with Gasteiger partial charge in [0.2, 0.25) is 12.8 Å². The third kappa shape index (κ3) is 6.87. The van der Waals surface area contributed by atoms with Gasteiger partial charge in [-0.1, -0.05) is 53.0 Å². The molecule has 0 saturated heterocycles. The number of para-hydroxylation sites is 1. The second-order valence-corrected chi connectivity index (χ2v) is 9.90. The topological polar surface area (TPSA) is 77.9 Å². The van der Waals surface area contributed by atoms with E-state index >= 15 is 0 Å². The Balaban J connectivity index is 2.32. The van der Waals surface area contributed by atoms with E-state index in [0.717, 1.165) is 0 Å². The van der Waals surface area contributed by atoms with Gasteiger partial charge >= 0.3 is 0 Å². The number of allylic oxidation sites excluding steroid dienone is 4. The van der Waals surface area contributed by atoms with Crippen molar-refractivity contribution in [2.45, 2.75) is 32.2 Å². The van der Waals surface area contributed by atoms with Crippen LogP contribution in [0.4, 0.5) is 15.9 Å². The lowest BCUT2D eigenvalue weighted by atomic mass is 10.0. The van der Waals surface area contributed by atoms with Gasteiger partial charge in [-0.05, 0) is 50.5 Å². The highest BCUT2D eigenvalue weighted by Crippen LogP contribution is 2.41. The minimum absolute atomic E-state index is 0.110. The Kier molecular flexibility index (Phi) is 11.1.